The van der Waals surface area contributed by atoms with E-state index >= 15 is 0 Å². The van der Waals surface area contributed by atoms with Crippen molar-refractivity contribution in [1.29, 1.82) is 0 Å². The predicted octanol–water partition coefficient (Wildman–Crippen LogP) is 2.77. The van der Waals surface area contributed by atoms with E-state index in [2.05, 4.69) is 10.1 Å². The molecular formula is C17H23N3O3. The summed E-state index contributed by atoms with van der Waals surface area (Å²) in [7, 11) is 0. The third kappa shape index (κ3) is 8.53. The van der Waals surface area contributed by atoms with Crippen molar-refractivity contribution in [3.05, 3.63) is 41.4 Å². The van der Waals surface area contributed by atoms with Gasteiger partial charge in [0, 0.05) is 12.5 Å². The van der Waals surface area contributed by atoms with Gasteiger partial charge in [-0.15, -0.1) is 0 Å². The fraction of sp³-hybridized carbons (Fsp3) is 0.471. The highest BCUT2D eigenvalue weighted by Crippen LogP contribution is 2.11. The summed E-state index contributed by atoms with van der Waals surface area (Å²) in [5.74, 6) is -0.295. The van der Waals surface area contributed by atoms with Gasteiger partial charge in [0.1, 0.15) is 5.60 Å². The zero-order valence-electron chi connectivity index (χ0n) is 13.8. The van der Waals surface area contributed by atoms with Crippen LogP contribution in [0.3, 0.4) is 0 Å². The molecule has 124 valence electrons. The molecule has 23 heavy (non-hydrogen) atoms. The number of carbonyl (C=O) groups excluding carboxylic acids is 2. The zero-order valence-corrected chi connectivity index (χ0v) is 13.8. The Morgan fingerprint density at radius 1 is 1.30 bits per heavy atom. The van der Waals surface area contributed by atoms with Crippen LogP contribution in [-0.4, -0.2) is 34.5 Å². The number of Topliss-reactive ketones (excluding diaryl/α,β-unsaturated/α-hetero) is 1. The van der Waals surface area contributed by atoms with E-state index in [1.807, 2.05) is 30.3 Å². The van der Waals surface area contributed by atoms with Crippen molar-refractivity contribution < 1.29 is 19.1 Å². The molecule has 0 spiro atoms. The summed E-state index contributed by atoms with van der Waals surface area (Å²) in [6.07, 6.45) is 1.55. The summed E-state index contributed by atoms with van der Waals surface area (Å²) in [6, 6.07) is 9.43. The van der Waals surface area contributed by atoms with Gasteiger partial charge in [0.05, 0.1) is 0 Å². The lowest BCUT2D eigenvalue weighted by atomic mass is 10.0. The van der Waals surface area contributed by atoms with E-state index in [0.29, 0.717) is 12.8 Å². The van der Waals surface area contributed by atoms with Gasteiger partial charge in [-0.3, -0.25) is 4.79 Å². The molecule has 1 amide bonds. The molecule has 1 rings (SSSR count). The summed E-state index contributed by atoms with van der Waals surface area (Å²) in [5.41, 5.74) is 8.84. The standard InChI is InChI=1S/C17H23N3O3/c1-17(2,3)23-16(22)20-14(9-10-15(21)12-19-18)11-13-7-5-4-6-8-13/h4-8,12,14H,9-11H2,1-3H3,(H,20,22)/t14-/m1/s1. The van der Waals surface area contributed by atoms with Crippen molar-refractivity contribution in [2.24, 2.45) is 0 Å². The number of nitrogens with one attached hydrogen (secondary N) is 1. The molecule has 0 aliphatic heterocycles. The third-order valence-electron chi connectivity index (χ3n) is 2.99. The average Bonchev–Trinajstić information content (AvgIpc) is 2.44. The minimum atomic E-state index is -0.583. The minimum absolute atomic E-state index is 0.178. The molecule has 0 radical (unpaired) electrons. The topological polar surface area (TPSA) is 91.8 Å². The maximum Gasteiger partial charge on any atom is 0.407 e. The van der Waals surface area contributed by atoms with E-state index in [9.17, 15) is 9.59 Å². The Balaban J connectivity index is 2.69. The molecule has 0 aliphatic carbocycles. The number of hydrogen-bond donors (Lipinski definition) is 1. The maximum atomic E-state index is 11.9. The Morgan fingerprint density at radius 2 is 1.96 bits per heavy atom. The Labute approximate surface area is 136 Å². The van der Waals surface area contributed by atoms with Crippen LogP contribution in [0.4, 0.5) is 4.79 Å². The van der Waals surface area contributed by atoms with Gasteiger partial charge >= 0.3 is 12.3 Å². The first-order chi connectivity index (χ1) is 10.8. The van der Waals surface area contributed by atoms with Crippen LogP contribution in [0.5, 0.6) is 0 Å². The first-order valence-electron chi connectivity index (χ1n) is 7.54. The number of ketones is 1. The van der Waals surface area contributed by atoms with Crippen molar-refractivity contribution in [3.63, 3.8) is 0 Å². The lowest BCUT2D eigenvalue weighted by Gasteiger charge is -2.23. The SMILES string of the molecule is CC(C)(C)OC(=O)N[C@H](CCC(=O)C=[N+]=[N-])Cc1ccccc1. The lowest BCUT2D eigenvalue weighted by molar-refractivity contribution is -0.116. The summed E-state index contributed by atoms with van der Waals surface area (Å²) >= 11 is 0. The van der Waals surface area contributed by atoms with Gasteiger partial charge in [0.15, 0.2) is 0 Å². The maximum absolute atomic E-state index is 11.9. The Hall–Kier alpha value is -2.46. The van der Waals surface area contributed by atoms with Crippen LogP contribution in [0, 0.1) is 0 Å². The first kappa shape index (κ1) is 18.6. The fourth-order valence-electron chi connectivity index (χ4n) is 2.04. The smallest absolute Gasteiger partial charge is 0.407 e. The number of ether oxygens (including phenoxy) is 1. The molecule has 6 heteroatoms. The van der Waals surface area contributed by atoms with E-state index in [0.717, 1.165) is 11.8 Å². The fourth-order valence-corrected chi connectivity index (χ4v) is 2.04. The van der Waals surface area contributed by atoms with Crippen LogP contribution in [0.15, 0.2) is 30.3 Å². The quantitative estimate of drug-likeness (QED) is 0.476. The Kier molecular flexibility index (Phi) is 7.16. The second-order valence-electron chi connectivity index (χ2n) is 6.28. The Bertz CT molecular complexity index is 572. The molecule has 0 heterocycles. The van der Waals surface area contributed by atoms with E-state index in [1.54, 1.807) is 20.8 Å². The Morgan fingerprint density at radius 3 is 2.52 bits per heavy atom. The molecule has 0 fully saturated rings. The van der Waals surface area contributed by atoms with Gasteiger partial charge in [-0.1, -0.05) is 30.3 Å². The summed E-state index contributed by atoms with van der Waals surface area (Å²) < 4.78 is 5.26. The van der Waals surface area contributed by atoms with Gasteiger partial charge in [0.25, 0.3) is 0 Å². The van der Waals surface area contributed by atoms with E-state index < -0.39 is 11.7 Å². The molecule has 0 aromatic heterocycles. The minimum Gasteiger partial charge on any atom is -0.444 e. The monoisotopic (exact) mass is 317 g/mol. The molecule has 1 aromatic carbocycles. The number of amides is 1. The van der Waals surface area contributed by atoms with Gasteiger partial charge in [-0.25, -0.2) is 4.79 Å². The molecule has 1 aromatic rings. The average molecular weight is 317 g/mol. The highest BCUT2D eigenvalue weighted by molar-refractivity contribution is 6.25. The summed E-state index contributed by atoms with van der Waals surface area (Å²) in [6.45, 7) is 5.38. The third-order valence-corrected chi connectivity index (χ3v) is 2.99. The van der Waals surface area contributed by atoms with E-state index in [4.69, 9.17) is 10.3 Å². The molecule has 1 atom stereocenters. The lowest BCUT2D eigenvalue weighted by Crippen LogP contribution is -2.40. The normalized spacial score (nSPS) is 12.0. The molecule has 0 saturated carbocycles. The van der Waals surface area contributed by atoms with Gasteiger partial charge in [0.2, 0.25) is 5.78 Å². The molecular weight excluding hydrogens is 294 g/mol. The predicted molar refractivity (Wildman–Crippen MR) is 87.2 cm³/mol. The van der Waals surface area contributed by atoms with Crippen molar-refractivity contribution in [1.82, 2.24) is 5.32 Å². The van der Waals surface area contributed by atoms with Gasteiger partial charge in [-0.2, -0.15) is 4.79 Å². The highest BCUT2D eigenvalue weighted by Gasteiger charge is 2.20. The molecule has 0 bridgehead atoms. The van der Waals surface area contributed by atoms with E-state index in [-0.39, 0.29) is 18.2 Å². The largest absolute Gasteiger partial charge is 0.444 e. The van der Waals surface area contributed by atoms with Crippen LogP contribution >= 0.6 is 0 Å². The molecule has 0 aliphatic rings. The van der Waals surface area contributed by atoms with Crippen molar-refractivity contribution >= 4 is 18.1 Å². The zero-order chi connectivity index (χ0) is 17.3. The van der Waals surface area contributed by atoms with Crippen molar-refractivity contribution in [2.75, 3.05) is 0 Å². The summed E-state index contributed by atoms with van der Waals surface area (Å²) in [4.78, 5) is 26.1. The molecule has 6 nitrogen and oxygen atoms in total. The molecule has 0 saturated heterocycles. The van der Waals surface area contributed by atoms with Crippen LogP contribution in [-0.2, 0) is 16.0 Å². The molecule has 1 N–H and O–H groups in total. The van der Waals surface area contributed by atoms with Crippen LogP contribution in [0.2, 0.25) is 0 Å². The van der Waals surface area contributed by atoms with Crippen LogP contribution < -0.4 is 5.32 Å². The highest BCUT2D eigenvalue weighted by atomic mass is 16.6. The second kappa shape index (κ2) is 8.86. The molecule has 0 unspecified atom stereocenters. The van der Waals surface area contributed by atoms with Crippen molar-refractivity contribution in [2.45, 2.75) is 51.7 Å². The van der Waals surface area contributed by atoms with E-state index in [1.165, 1.54) is 0 Å². The van der Waals surface area contributed by atoms with Crippen molar-refractivity contribution in [3.8, 4) is 0 Å². The first-order valence-corrected chi connectivity index (χ1v) is 7.54. The number of rotatable bonds is 7. The van der Waals surface area contributed by atoms with Crippen LogP contribution in [0.1, 0.15) is 39.2 Å². The van der Waals surface area contributed by atoms with Gasteiger partial charge < -0.3 is 15.6 Å². The number of hydrogen-bond acceptors (Lipinski definition) is 3. The number of carbonyl (C=O) groups is 2. The second-order valence-corrected chi connectivity index (χ2v) is 6.28. The number of nitrogens with zero attached hydrogens (tertiary/aromatic N) is 2. The summed E-state index contributed by atoms with van der Waals surface area (Å²) in [5, 5.41) is 2.80. The van der Waals surface area contributed by atoms with Crippen LogP contribution in [0.25, 0.3) is 5.53 Å². The van der Waals surface area contributed by atoms with Gasteiger partial charge in [-0.05, 0) is 39.2 Å². The number of benzene rings is 1. The number of alkyl carbamates (subject to hydrolysis) is 1.